The first-order valence-electron chi connectivity index (χ1n) is 10.7. The molecule has 1 unspecified atom stereocenters. The van der Waals surface area contributed by atoms with E-state index in [1.807, 2.05) is 4.90 Å². The number of nitrogens with one attached hydrogen (secondary N) is 2. The summed E-state index contributed by atoms with van der Waals surface area (Å²) in [4.78, 5) is 21.4. The molecule has 2 N–H and O–H groups in total. The molecule has 150 valence electrons. The van der Waals surface area contributed by atoms with Gasteiger partial charge in [0.05, 0.1) is 0 Å². The number of carbonyl (C=O) groups is 1. The lowest BCUT2D eigenvalue weighted by Gasteiger charge is -2.34. The molecule has 0 aromatic carbocycles. The van der Waals surface area contributed by atoms with Crippen LogP contribution < -0.4 is 10.6 Å². The Morgan fingerprint density at radius 1 is 0.962 bits per heavy atom. The zero-order chi connectivity index (χ0) is 18.8. The van der Waals surface area contributed by atoms with Gasteiger partial charge in [-0.3, -0.25) is 9.69 Å². The first-order valence-corrected chi connectivity index (χ1v) is 10.7. The van der Waals surface area contributed by atoms with Gasteiger partial charge < -0.3 is 15.5 Å². The third-order valence-electron chi connectivity index (χ3n) is 5.86. The van der Waals surface area contributed by atoms with Crippen LogP contribution in [0.25, 0.3) is 0 Å². The maximum atomic E-state index is 12.3. The van der Waals surface area contributed by atoms with Gasteiger partial charge in [0.15, 0.2) is 5.96 Å². The second kappa shape index (κ2) is 11.4. The van der Waals surface area contributed by atoms with Gasteiger partial charge >= 0.3 is 0 Å². The highest BCUT2D eigenvalue weighted by molar-refractivity contribution is 5.85. The summed E-state index contributed by atoms with van der Waals surface area (Å²) < 4.78 is 0. The summed E-state index contributed by atoms with van der Waals surface area (Å²) >= 11 is 0. The molecule has 0 aromatic heterocycles. The lowest BCUT2D eigenvalue weighted by molar-refractivity contribution is -0.128. The minimum atomic E-state index is 0.149. The smallest absolute Gasteiger partial charge is 0.244 e. The van der Waals surface area contributed by atoms with Gasteiger partial charge in [0, 0.05) is 32.2 Å². The average Bonchev–Trinajstić information content (AvgIpc) is 3.36. The number of hydrogen-bond acceptors (Lipinski definition) is 3. The molecule has 0 aromatic rings. The molecule has 2 heterocycles. The van der Waals surface area contributed by atoms with E-state index < -0.39 is 0 Å². The fraction of sp³-hybridized carbons (Fsp3) is 0.900. The van der Waals surface area contributed by atoms with E-state index in [4.69, 9.17) is 0 Å². The van der Waals surface area contributed by atoms with Gasteiger partial charge in [0.2, 0.25) is 5.91 Å². The molecule has 1 atom stereocenters. The van der Waals surface area contributed by atoms with Crippen molar-refractivity contribution in [1.29, 1.82) is 0 Å². The van der Waals surface area contributed by atoms with Crippen molar-refractivity contribution in [3.63, 3.8) is 0 Å². The molecular formula is C20H39N5O. The van der Waals surface area contributed by atoms with Crippen LogP contribution in [-0.4, -0.2) is 73.5 Å². The van der Waals surface area contributed by atoms with Gasteiger partial charge in [-0.05, 0) is 51.6 Å². The Morgan fingerprint density at radius 2 is 1.58 bits per heavy atom. The number of nitrogens with zero attached hydrogens (tertiary/aromatic N) is 3. The van der Waals surface area contributed by atoms with Crippen LogP contribution in [0.4, 0.5) is 0 Å². The third kappa shape index (κ3) is 6.15. The molecule has 0 bridgehead atoms. The van der Waals surface area contributed by atoms with Gasteiger partial charge in [-0.25, -0.2) is 4.99 Å². The Bertz CT molecular complexity index is 435. The highest BCUT2D eigenvalue weighted by Gasteiger charge is 2.27. The van der Waals surface area contributed by atoms with Crippen LogP contribution in [0.15, 0.2) is 4.99 Å². The maximum Gasteiger partial charge on any atom is 0.244 e. The summed E-state index contributed by atoms with van der Waals surface area (Å²) in [6.07, 6.45) is 7.30. The zero-order valence-electron chi connectivity index (χ0n) is 17.1. The van der Waals surface area contributed by atoms with Crippen molar-refractivity contribution in [2.24, 2.45) is 10.9 Å². The average molecular weight is 366 g/mol. The van der Waals surface area contributed by atoms with Crippen LogP contribution in [0.5, 0.6) is 0 Å². The first kappa shape index (κ1) is 21.0. The molecule has 0 radical (unpaired) electrons. The van der Waals surface area contributed by atoms with Gasteiger partial charge in [-0.1, -0.05) is 26.7 Å². The van der Waals surface area contributed by atoms with Crippen molar-refractivity contribution in [3.8, 4) is 0 Å². The van der Waals surface area contributed by atoms with Crippen molar-refractivity contribution < 1.29 is 4.79 Å². The van der Waals surface area contributed by atoms with E-state index in [0.29, 0.717) is 12.0 Å². The SMILES string of the molecule is CCNC(=NCC(=O)N1CCCC1)NCC(C(CC)CC)N1CCCC1. The molecule has 6 heteroatoms. The Kier molecular flexibility index (Phi) is 9.23. The fourth-order valence-electron chi connectivity index (χ4n) is 4.26. The van der Waals surface area contributed by atoms with Crippen LogP contribution in [0.2, 0.25) is 0 Å². The maximum absolute atomic E-state index is 12.3. The molecule has 0 aliphatic carbocycles. The van der Waals surface area contributed by atoms with Gasteiger partial charge in [-0.2, -0.15) is 0 Å². The number of aliphatic imine (C=N–C) groups is 1. The summed E-state index contributed by atoms with van der Waals surface area (Å²) in [5, 5.41) is 6.82. The molecular weight excluding hydrogens is 326 g/mol. The molecule has 2 fully saturated rings. The Labute approximate surface area is 159 Å². The van der Waals surface area contributed by atoms with E-state index in [1.165, 1.54) is 38.8 Å². The monoisotopic (exact) mass is 365 g/mol. The summed E-state index contributed by atoms with van der Waals surface area (Å²) in [6.45, 7) is 12.8. The Morgan fingerprint density at radius 3 is 2.15 bits per heavy atom. The van der Waals surface area contributed by atoms with E-state index in [9.17, 15) is 4.79 Å². The fourth-order valence-corrected chi connectivity index (χ4v) is 4.26. The highest BCUT2D eigenvalue weighted by Crippen LogP contribution is 2.22. The number of amides is 1. The standard InChI is InChI=1S/C20H39N5O/c1-4-17(5-2)18(24-11-7-8-12-24)15-22-20(21-6-3)23-16-19(26)25-13-9-10-14-25/h17-18H,4-16H2,1-3H3,(H2,21,22,23). The lowest BCUT2D eigenvalue weighted by atomic mass is 9.93. The third-order valence-corrected chi connectivity index (χ3v) is 5.86. The van der Waals surface area contributed by atoms with Crippen molar-refractivity contribution in [3.05, 3.63) is 0 Å². The molecule has 2 aliphatic rings. The van der Waals surface area contributed by atoms with E-state index in [0.717, 1.165) is 45.0 Å². The second-order valence-electron chi connectivity index (χ2n) is 7.55. The molecule has 26 heavy (non-hydrogen) atoms. The highest BCUT2D eigenvalue weighted by atomic mass is 16.2. The van der Waals surface area contributed by atoms with Gasteiger partial charge in [0.25, 0.3) is 0 Å². The van der Waals surface area contributed by atoms with E-state index in [1.54, 1.807) is 0 Å². The molecule has 2 aliphatic heterocycles. The van der Waals surface area contributed by atoms with Crippen molar-refractivity contribution >= 4 is 11.9 Å². The number of rotatable bonds is 9. The second-order valence-corrected chi connectivity index (χ2v) is 7.55. The van der Waals surface area contributed by atoms with Crippen molar-refractivity contribution in [2.75, 3.05) is 45.8 Å². The van der Waals surface area contributed by atoms with Crippen LogP contribution in [0.1, 0.15) is 59.3 Å². The van der Waals surface area contributed by atoms with E-state index in [-0.39, 0.29) is 12.5 Å². The Hall–Kier alpha value is -1.30. The quantitative estimate of drug-likeness (QED) is 0.485. The van der Waals surface area contributed by atoms with Crippen LogP contribution >= 0.6 is 0 Å². The summed E-state index contributed by atoms with van der Waals surface area (Å²) in [6, 6.07) is 0.547. The van der Waals surface area contributed by atoms with Crippen molar-refractivity contribution in [2.45, 2.75) is 65.3 Å². The molecule has 2 rings (SSSR count). The first-order chi connectivity index (χ1) is 12.7. The normalized spacial score (nSPS) is 20.0. The summed E-state index contributed by atoms with van der Waals surface area (Å²) in [5.41, 5.74) is 0. The summed E-state index contributed by atoms with van der Waals surface area (Å²) in [7, 11) is 0. The number of guanidine groups is 1. The molecule has 6 nitrogen and oxygen atoms in total. The molecule has 0 spiro atoms. The Balaban J connectivity index is 1.92. The topological polar surface area (TPSA) is 60.0 Å². The van der Waals surface area contributed by atoms with Crippen LogP contribution in [0, 0.1) is 5.92 Å². The minimum Gasteiger partial charge on any atom is -0.357 e. The van der Waals surface area contributed by atoms with Gasteiger partial charge in [0.1, 0.15) is 6.54 Å². The predicted octanol–water partition coefficient (Wildman–Crippen LogP) is 2.06. The van der Waals surface area contributed by atoms with Gasteiger partial charge in [-0.15, -0.1) is 0 Å². The molecule has 2 saturated heterocycles. The molecule has 1 amide bonds. The van der Waals surface area contributed by atoms with E-state index >= 15 is 0 Å². The zero-order valence-corrected chi connectivity index (χ0v) is 17.1. The van der Waals surface area contributed by atoms with Crippen molar-refractivity contribution in [1.82, 2.24) is 20.4 Å². The molecule has 0 saturated carbocycles. The largest absolute Gasteiger partial charge is 0.357 e. The number of hydrogen-bond donors (Lipinski definition) is 2. The van der Waals surface area contributed by atoms with Crippen LogP contribution in [-0.2, 0) is 4.79 Å². The van der Waals surface area contributed by atoms with Crippen LogP contribution in [0.3, 0.4) is 0 Å². The van der Waals surface area contributed by atoms with E-state index in [2.05, 4.69) is 41.3 Å². The summed E-state index contributed by atoms with van der Waals surface area (Å²) in [5.74, 6) is 1.63. The minimum absolute atomic E-state index is 0.149. The number of carbonyl (C=O) groups excluding carboxylic acids is 1. The predicted molar refractivity (Wildman–Crippen MR) is 108 cm³/mol. The lowest BCUT2D eigenvalue weighted by Crippen LogP contribution is -2.49. The number of likely N-dealkylation sites (tertiary alicyclic amines) is 2.